The normalized spacial score (nSPS) is 10.6. The van der Waals surface area contributed by atoms with E-state index in [1.165, 1.54) is 11.1 Å². The molecule has 0 saturated heterocycles. The molecule has 0 N–H and O–H groups in total. The van der Waals surface area contributed by atoms with Gasteiger partial charge >= 0.3 is 5.97 Å². The van der Waals surface area contributed by atoms with Gasteiger partial charge < -0.3 is 4.74 Å². The van der Waals surface area contributed by atoms with Crippen LogP contribution in [0.4, 0.5) is 0 Å². The van der Waals surface area contributed by atoms with Crippen molar-refractivity contribution in [3.8, 4) is 0 Å². The third-order valence-corrected chi connectivity index (χ3v) is 3.24. The lowest BCUT2D eigenvalue weighted by Crippen LogP contribution is -2.07. The molecular weight excluding hydrogens is 254 g/mol. The number of esters is 1. The third kappa shape index (κ3) is 3.04. The summed E-state index contributed by atoms with van der Waals surface area (Å²) in [5.74, 6) is 0.388. The molecule has 0 unspecified atom stereocenters. The molecule has 5 heteroatoms. The van der Waals surface area contributed by atoms with E-state index >= 15 is 0 Å². The van der Waals surface area contributed by atoms with E-state index in [2.05, 4.69) is 42.1 Å². The molecule has 0 atom stereocenters. The monoisotopic (exact) mass is 273 g/mol. The fourth-order valence-corrected chi connectivity index (χ4v) is 1.95. The maximum Gasteiger partial charge on any atom is 0.378 e. The number of aromatic nitrogens is 3. The van der Waals surface area contributed by atoms with Crippen LogP contribution in [0.2, 0.25) is 0 Å². The number of hydrogen-bond donors (Lipinski definition) is 0. The van der Waals surface area contributed by atoms with Crippen LogP contribution in [0.5, 0.6) is 0 Å². The van der Waals surface area contributed by atoms with Crippen molar-refractivity contribution in [2.75, 3.05) is 6.61 Å². The number of rotatable bonds is 4. The summed E-state index contributed by atoms with van der Waals surface area (Å²) in [7, 11) is 1.78. The van der Waals surface area contributed by atoms with Crippen molar-refractivity contribution in [2.45, 2.75) is 27.2 Å². The molecule has 1 aromatic heterocycles. The average molecular weight is 273 g/mol. The first-order valence-corrected chi connectivity index (χ1v) is 6.64. The van der Waals surface area contributed by atoms with Crippen LogP contribution in [0.1, 0.15) is 40.1 Å². The first-order valence-electron chi connectivity index (χ1n) is 6.64. The lowest BCUT2D eigenvalue weighted by atomic mass is 10.0. The fourth-order valence-electron chi connectivity index (χ4n) is 1.95. The molecule has 1 aromatic carbocycles. The molecule has 0 aliphatic rings. The molecule has 0 spiro atoms. The Kier molecular flexibility index (Phi) is 4.17. The Labute approximate surface area is 118 Å². The van der Waals surface area contributed by atoms with E-state index in [4.69, 9.17) is 4.74 Å². The first-order chi connectivity index (χ1) is 9.51. The summed E-state index contributed by atoms with van der Waals surface area (Å²) >= 11 is 0. The molecule has 2 aromatic rings. The van der Waals surface area contributed by atoms with Crippen molar-refractivity contribution >= 4 is 5.97 Å². The van der Waals surface area contributed by atoms with Gasteiger partial charge in [-0.1, -0.05) is 18.2 Å². The Morgan fingerprint density at radius 2 is 2.05 bits per heavy atom. The van der Waals surface area contributed by atoms with Gasteiger partial charge in [0.25, 0.3) is 5.82 Å². The highest BCUT2D eigenvalue weighted by Crippen LogP contribution is 2.13. The third-order valence-electron chi connectivity index (χ3n) is 3.24. The molecule has 0 aliphatic carbocycles. The molecule has 0 bridgehead atoms. The van der Waals surface area contributed by atoms with Gasteiger partial charge in [-0.05, 0) is 37.5 Å². The van der Waals surface area contributed by atoms with Crippen molar-refractivity contribution in [1.82, 2.24) is 14.8 Å². The number of carbonyl (C=O) groups excluding carboxylic acids is 1. The topological polar surface area (TPSA) is 57.0 Å². The van der Waals surface area contributed by atoms with E-state index in [0.717, 1.165) is 11.4 Å². The highest BCUT2D eigenvalue weighted by Gasteiger charge is 2.16. The molecule has 0 aliphatic heterocycles. The van der Waals surface area contributed by atoms with E-state index in [-0.39, 0.29) is 5.82 Å². The summed E-state index contributed by atoms with van der Waals surface area (Å²) in [4.78, 5) is 15.9. The van der Waals surface area contributed by atoms with Gasteiger partial charge in [0.1, 0.15) is 5.82 Å². The van der Waals surface area contributed by atoms with Crippen molar-refractivity contribution in [3.05, 3.63) is 46.5 Å². The summed E-state index contributed by atoms with van der Waals surface area (Å²) in [5, 5.41) is 4.10. The zero-order valence-electron chi connectivity index (χ0n) is 12.3. The number of hydrogen-bond acceptors (Lipinski definition) is 4. The summed E-state index contributed by atoms with van der Waals surface area (Å²) < 4.78 is 6.53. The second-order valence-corrected chi connectivity index (χ2v) is 4.79. The van der Waals surface area contributed by atoms with E-state index < -0.39 is 5.97 Å². The molecule has 106 valence electrons. The maximum absolute atomic E-state index is 11.6. The van der Waals surface area contributed by atoms with Crippen molar-refractivity contribution in [1.29, 1.82) is 0 Å². The average Bonchev–Trinajstić information content (AvgIpc) is 2.76. The molecule has 5 nitrogen and oxygen atoms in total. The molecule has 0 radical (unpaired) electrons. The molecule has 0 fully saturated rings. The Balaban J connectivity index is 2.21. The maximum atomic E-state index is 11.6. The van der Waals surface area contributed by atoms with Crippen LogP contribution in [-0.4, -0.2) is 27.3 Å². The summed E-state index contributed by atoms with van der Waals surface area (Å²) in [5.41, 5.74) is 3.66. The number of benzene rings is 1. The van der Waals surface area contributed by atoms with Crippen LogP contribution in [0.25, 0.3) is 0 Å². The Morgan fingerprint density at radius 3 is 2.70 bits per heavy atom. The van der Waals surface area contributed by atoms with Crippen molar-refractivity contribution < 1.29 is 9.53 Å². The first kappa shape index (κ1) is 14.2. The van der Waals surface area contributed by atoms with E-state index in [1.807, 2.05) is 0 Å². The van der Waals surface area contributed by atoms with Gasteiger partial charge in [-0.2, -0.15) is 0 Å². The van der Waals surface area contributed by atoms with Crippen LogP contribution in [-0.2, 0) is 18.2 Å². The Bertz CT molecular complexity index is 632. The molecular formula is C15H19N3O2. The quantitative estimate of drug-likeness (QED) is 0.801. The lowest BCUT2D eigenvalue weighted by Gasteiger charge is -2.04. The minimum atomic E-state index is -0.477. The van der Waals surface area contributed by atoms with E-state index in [0.29, 0.717) is 13.0 Å². The molecule has 2 rings (SSSR count). The van der Waals surface area contributed by atoms with Crippen molar-refractivity contribution in [2.24, 2.45) is 7.05 Å². The van der Waals surface area contributed by atoms with Gasteiger partial charge in [0.2, 0.25) is 0 Å². The van der Waals surface area contributed by atoms with Crippen LogP contribution >= 0.6 is 0 Å². The second kappa shape index (κ2) is 5.86. The number of aryl methyl sites for hydroxylation is 3. The predicted octanol–water partition coefficient (Wildman–Crippen LogP) is 2.20. The van der Waals surface area contributed by atoms with Crippen LogP contribution in [0.15, 0.2) is 18.2 Å². The summed E-state index contributed by atoms with van der Waals surface area (Å²) in [6, 6.07) is 6.29. The zero-order chi connectivity index (χ0) is 14.7. The van der Waals surface area contributed by atoms with Crippen molar-refractivity contribution in [3.63, 3.8) is 0 Å². The molecule has 20 heavy (non-hydrogen) atoms. The SMILES string of the molecule is CCOC(=O)c1nc(Cc2ccc(C)c(C)c2)n(C)n1. The van der Waals surface area contributed by atoms with E-state index in [1.54, 1.807) is 18.7 Å². The molecule has 1 heterocycles. The Hall–Kier alpha value is -2.17. The highest BCUT2D eigenvalue weighted by atomic mass is 16.5. The number of ether oxygens (including phenoxy) is 1. The van der Waals surface area contributed by atoms with E-state index in [9.17, 15) is 4.79 Å². The van der Waals surface area contributed by atoms with Crippen LogP contribution in [0.3, 0.4) is 0 Å². The van der Waals surface area contributed by atoms with Crippen LogP contribution < -0.4 is 0 Å². The Morgan fingerprint density at radius 1 is 1.30 bits per heavy atom. The van der Waals surface area contributed by atoms with Gasteiger partial charge in [-0.15, -0.1) is 5.10 Å². The zero-order valence-corrected chi connectivity index (χ0v) is 12.3. The van der Waals surface area contributed by atoms with Gasteiger partial charge in [0.05, 0.1) is 6.61 Å². The lowest BCUT2D eigenvalue weighted by molar-refractivity contribution is 0.0512. The summed E-state index contributed by atoms with van der Waals surface area (Å²) in [6.45, 7) is 6.25. The number of carbonyl (C=O) groups is 1. The predicted molar refractivity (Wildman–Crippen MR) is 75.7 cm³/mol. The molecule has 0 amide bonds. The highest BCUT2D eigenvalue weighted by molar-refractivity contribution is 5.84. The second-order valence-electron chi connectivity index (χ2n) is 4.79. The molecule has 0 saturated carbocycles. The largest absolute Gasteiger partial charge is 0.460 e. The van der Waals surface area contributed by atoms with Gasteiger partial charge in [-0.25, -0.2) is 9.78 Å². The van der Waals surface area contributed by atoms with Gasteiger partial charge in [-0.3, -0.25) is 4.68 Å². The fraction of sp³-hybridized carbons (Fsp3) is 0.400. The minimum absolute atomic E-state index is 0.119. The number of nitrogens with zero attached hydrogens (tertiary/aromatic N) is 3. The summed E-state index contributed by atoms with van der Waals surface area (Å²) in [6.07, 6.45) is 0.643. The van der Waals surface area contributed by atoms with Gasteiger partial charge in [0, 0.05) is 13.5 Å². The van der Waals surface area contributed by atoms with Crippen LogP contribution in [0, 0.1) is 13.8 Å². The minimum Gasteiger partial charge on any atom is -0.460 e. The smallest absolute Gasteiger partial charge is 0.378 e. The van der Waals surface area contributed by atoms with Gasteiger partial charge in [0.15, 0.2) is 0 Å². The standard InChI is InChI=1S/C15H19N3O2/c1-5-20-15(19)14-16-13(18(4)17-14)9-12-7-6-10(2)11(3)8-12/h6-8H,5,9H2,1-4H3.